The molecule has 1 N–H and O–H groups in total. The molecule has 0 bridgehead atoms. The minimum Gasteiger partial charge on any atom is -0.296 e. The van der Waals surface area contributed by atoms with Gasteiger partial charge in [0.25, 0.3) is 0 Å². The van der Waals surface area contributed by atoms with Crippen molar-refractivity contribution in [3.63, 3.8) is 0 Å². The third-order valence-corrected chi connectivity index (χ3v) is 7.86. The van der Waals surface area contributed by atoms with Gasteiger partial charge in [0.05, 0.1) is 16.4 Å². The zero-order chi connectivity index (χ0) is 22.6. The highest BCUT2D eigenvalue weighted by molar-refractivity contribution is 8.14. The Hall–Kier alpha value is -1.66. The lowest BCUT2D eigenvalue weighted by Gasteiger charge is -2.17. The quantitative estimate of drug-likeness (QED) is 0.390. The summed E-state index contributed by atoms with van der Waals surface area (Å²) in [7, 11) is 0. The first-order chi connectivity index (χ1) is 15.2. The van der Waals surface area contributed by atoms with Gasteiger partial charge in [-0.1, -0.05) is 67.3 Å². The average Bonchev–Trinajstić information content (AvgIpc) is 3.30. The highest BCUT2D eigenvalue weighted by Gasteiger charge is 2.39. The van der Waals surface area contributed by atoms with Crippen molar-refractivity contribution in [3.05, 3.63) is 68.9 Å². The van der Waals surface area contributed by atoms with E-state index in [9.17, 15) is 0 Å². The minimum absolute atomic E-state index is 0.0206. The van der Waals surface area contributed by atoms with E-state index >= 15 is 0 Å². The molecule has 3 aromatic rings. The topological polar surface area (TPSA) is 42.2 Å². The second-order valence-corrected chi connectivity index (χ2v) is 11.6. The lowest BCUT2D eigenvalue weighted by molar-refractivity contribution is 0.595. The lowest BCUT2D eigenvalue weighted by atomic mass is 9.99. The van der Waals surface area contributed by atoms with Crippen LogP contribution >= 0.6 is 46.6 Å². The number of nitrogens with one attached hydrogen (secondary N) is 1. The number of hydrazone groups is 1. The van der Waals surface area contributed by atoms with Crippen molar-refractivity contribution in [1.82, 2.24) is 15.0 Å². The zero-order valence-corrected chi connectivity index (χ0v) is 21.1. The van der Waals surface area contributed by atoms with Gasteiger partial charge < -0.3 is 0 Å². The Morgan fingerprint density at radius 3 is 2.28 bits per heavy atom. The molecule has 1 fully saturated rings. The molecule has 2 aromatic carbocycles. The summed E-state index contributed by atoms with van der Waals surface area (Å²) in [5, 5.41) is 7.54. The Bertz CT molecular complexity index is 1210. The van der Waals surface area contributed by atoms with Crippen molar-refractivity contribution in [2.24, 2.45) is 10.5 Å². The maximum atomic E-state index is 6.65. The van der Waals surface area contributed by atoms with E-state index in [4.69, 9.17) is 39.8 Å². The van der Waals surface area contributed by atoms with Crippen molar-refractivity contribution >= 4 is 51.6 Å². The fourth-order valence-electron chi connectivity index (χ4n) is 3.84. The summed E-state index contributed by atoms with van der Waals surface area (Å²) in [4.78, 5) is 5.18. The average molecular weight is 506 g/mol. The van der Waals surface area contributed by atoms with Crippen LogP contribution in [0, 0.1) is 5.41 Å². The lowest BCUT2D eigenvalue weighted by Crippen LogP contribution is -2.15. The molecule has 1 aromatic heterocycles. The maximum absolute atomic E-state index is 6.65. The Kier molecular flexibility index (Phi) is 5.73. The van der Waals surface area contributed by atoms with Crippen LogP contribution in [0.2, 0.25) is 15.1 Å². The summed E-state index contributed by atoms with van der Waals surface area (Å²) in [6.45, 7) is 6.53. The van der Waals surface area contributed by atoms with Gasteiger partial charge in [0.15, 0.2) is 0 Å². The number of benzene rings is 2. The van der Waals surface area contributed by atoms with E-state index in [1.807, 2.05) is 36.4 Å². The van der Waals surface area contributed by atoms with Crippen LogP contribution in [0.5, 0.6) is 0 Å². The predicted molar refractivity (Wildman–Crippen MR) is 136 cm³/mol. The van der Waals surface area contributed by atoms with E-state index in [0.29, 0.717) is 21.0 Å². The first kappa shape index (κ1) is 22.1. The fourth-order valence-corrected chi connectivity index (χ4v) is 5.53. The van der Waals surface area contributed by atoms with Gasteiger partial charge in [-0.15, -0.1) is 0 Å². The number of nitrogens with zero attached hydrogens (tertiary/aromatic N) is 3. The Labute approximate surface area is 207 Å². The summed E-state index contributed by atoms with van der Waals surface area (Å²) in [6, 6.07) is 13.4. The highest BCUT2D eigenvalue weighted by Crippen LogP contribution is 2.49. The zero-order valence-electron chi connectivity index (χ0n) is 18.0. The molecule has 1 atom stereocenters. The third kappa shape index (κ3) is 4.16. The van der Waals surface area contributed by atoms with Gasteiger partial charge in [-0.25, -0.2) is 4.98 Å². The molecule has 0 radical (unpaired) electrons. The van der Waals surface area contributed by atoms with E-state index in [1.54, 1.807) is 17.8 Å². The van der Waals surface area contributed by atoms with Gasteiger partial charge in [0.1, 0.15) is 16.2 Å². The summed E-state index contributed by atoms with van der Waals surface area (Å²) >= 11 is 20.8. The standard InChI is InChI=1S/C24H23Cl3N4S/c1-24(2,3)23-30-29-22(32-23)19-20(13-4-5-13)31(16-9-6-14(25)7-10-16)21(28-19)17-11-8-15(26)12-18(17)27/h6-13,22,29H,4-5H2,1-3H3. The van der Waals surface area contributed by atoms with Crippen molar-refractivity contribution in [2.75, 3.05) is 0 Å². The smallest absolute Gasteiger partial charge is 0.146 e. The summed E-state index contributed by atoms with van der Waals surface area (Å²) in [5.41, 5.74) is 7.39. The Morgan fingerprint density at radius 2 is 1.69 bits per heavy atom. The summed E-state index contributed by atoms with van der Waals surface area (Å²) < 4.78 is 2.23. The molecule has 0 saturated heterocycles. The summed E-state index contributed by atoms with van der Waals surface area (Å²) in [6.07, 6.45) is 2.29. The largest absolute Gasteiger partial charge is 0.296 e. The van der Waals surface area contributed by atoms with Gasteiger partial charge in [0, 0.05) is 32.6 Å². The monoisotopic (exact) mass is 504 g/mol. The van der Waals surface area contributed by atoms with Crippen LogP contribution in [-0.2, 0) is 0 Å². The van der Waals surface area contributed by atoms with Crippen molar-refractivity contribution in [3.8, 4) is 17.1 Å². The van der Waals surface area contributed by atoms with Crippen LogP contribution in [0.25, 0.3) is 17.1 Å². The molecule has 32 heavy (non-hydrogen) atoms. The van der Waals surface area contributed by atoms with Crippen molar-refractivity contribution < 1.29 is 0 Å². The number of halogens is 3. The molecule has 1 saturated carbocycles. The second kappa shape index (κ2) is 8.28. The van der Waals surface area contributed by atoms with Crippen LogP contribution in [0.3, 0.4) is 0 Å². The van der Waals surface area contributed by atoms with E-state index in [2.05, 4.69) is 35.9 Å². The Balaban J connectivity index is 1.69. The minimum atomic E-state index is -0.0433. The van der Waals surface area contributed by atoms with Crippen molar-refractivity contribution in [1.29, 1.82) is 0 Å². The van der Waals surface area contributed by atoms with Gasteiger partial charge in [-0.05, 0) is 55.3 Å². The third-order valence-electron chi connectivity index (χ3n) is 5.57. The molecule has 166 valence electrons. The number of rotatable bonds is 4. The molecule has 2 aliphatic rings. The molecule has 8 heteroatoms. The number of hydrogen-bond donors (Lipinski definition) is 1. The first-order valence-corrected chi connectivity index (χ1v) is 12.6. The molecule has 0 amide bonds. The molecule has 2 heterocycles. The van der Waals surface area contributed by atoms with Crippen molar-refractivity contribution in [2.45, 2.75) is 44.9 Å². The van der Waals surface area contributed by atoms with E-state index in [0.717, 1.165) is 40.7 Å². The number of imidazole rings is 1. The van der Waals surface area contributed by atoms with Gasteiger partial charge in [-0.2, -0.15) is 5.10 Å². The van der Waals surface area contributed by atoms with Gasteiger partial charge in [-0.3, -0.25) is 9.99 Å². The molecule has 1 aliphatic carbocycles. The molecular weight excluding hydrogens is 483 g/mol. The molecule has 5 rings (SSSR count). The molecule has 4 nitrogen and oxygen atoms in total. The second-order valence-electron chi connectivity index (χ2n) is 9.21. The fraction of sp³-hybridized carbons (Fsp3) is 0.333. The van der Waals surface area contributed by atoms with E-state index in [-0.39, 0.29) is 10.8 Å². The van der Waals surface area contributed by atoms with Gasteiger partial charge in [0.2, 0.25) is 0 Å². The number of thioether (sulfide) groups is 1. The van der Waals surface area contributed by atoms with Crippen LogP contribution in [0.1, 0.15) is 56.3 Å². The SMILES string of the molecule is CC(C)(C)C1=NNC(c2nc(-c3ccc(Cl)cc3Cl)n(-c3ccc(Cl)cc3)c2C2CC2)S1. The van der Waals surface area contributed by atoms with Gasteiger partial charge >= 0.3 is 0 Å². The molecule has 0 spiro atoms. The van der Waals surface area contributed by atoms with E-state index < -0.39 is 0 Å². The highest BCUT2D eigenvalue weighted by atomic mass is 35.5. The van der Waals surface area contributed by atoms with Crippen LogP contribution in [0.15, 0.2) is 47.6 Å². The normalized spacial score (nSPS) is 18.6. The molecule has 1 aliphatic heterocycles. The van der Waals surface area contributed by atoms with Crippen LogP contribution < -0.4 is 5.43 Å². The predicted octanol–water partition coefficient (Wildman–Crippen LogP) is 8.07. The van der Waals surface area contributed by atoms with Crippen LogP contribution in [-0.4, -0.2) is 14.6 Å². The van der Waals surface area contributed by atoms with E-state index in [1.165, 1.54) is 5.69 Å². The molecular formula is C24H23Cl3N4S. The number of hydrogen-bond acceptors (Lipinski definition) is 4. The van der Waals surface area contributed by atoms with Crippen LogP contribution in [0.4, 0.5) is 0 Å². The first-order valence-electron chi connectivity index (χ1n) is 10.6. The number of aromatic nitrogens is 2. The Morgan fingerprint density at radius 1 is 1.00 bits per heavy atom. The summed E-state index contributed by atoms with van der Waals surface area (Å²) in [5.74, 6) is 1.26. The molecule has 1 unspecified atom stereocenters. The maximum Gasteiger partial charge on any atom is 0.146 e.